The molecule has 7 nitrogen and oxygen atoms in total. The molecule has 4 aliphatic rings. The minimum Gasteiger partial charge on any atom is -0.372 e. The van der Waals surface area contributed by atoms with Crippen molar-refractivity contribution in [3.63, 3.8) is 0 Å². The van der Waals surface area contributed by atoms with Crippen LogP contribution in [-0.4, -0.2) is 75.4 Å². The van der Waals surface area contributed by atoms with E-state index in [4.69, 9.17) is 11.6 Å². The van der Waals surface area contributed by atoms with Crippen LogP contribution in [0.5, 0.6) is 0 Å². The van der Waals surface area contributed by atoms with Crippen molar-refractivity contribution in [3.05, 3.63) is 87.9 Å². The number of hydrogen-bond donors (Lipinski definition) is 0. The SMILES string of the molecule is CN1CCc2cc(S(=O)(=O)N3CCC(c4ccccc4)CC3)cc(N3[C@@H]4CC[C@H]3CN(C(=O)c3cc(F)c(F)cc3Cl)C4)c21. The predicted molar refractivity (Wildman–Crippen MR) is 167 cm³/mol. The van der Waals surface area contributed by atoms with Crippen LogP contribution >= 0.6 is 11.6 Å². The van der Waals surface area contributed by atoms with E-state index in [0.29, 0.717) is 37.0 Å². The topological polar surface area (TPSA) is 64.2 Å². The molecule has 0 aliphatic carbocycles. The van der Waals surface area contributed by atoms with E-state index in [1.807, 2.05) is 37.4 Å². The first-order valence-corrected chi connectivity index (χ1v) is 17.1. The average Bonchev–Trinajstić information content (AvgIpc) is 3.53. The summed E-state index contributed by atoms with van der Waals surface area (Å²) < 4.78 is 57.4. The van der Waals surface area contributed by atoms with Crippen molar-refractivity contribution in [3.8, 4) is 0 Å². The Balaban J connectivity index is 1.16. The molecule has 3 saturated heterocycles. The number of piperazine rings is 1. The molecule has 1 amide bonds. The molecule has 44 heavy (non-hydrogen) atoms. The Morgan fingerprint density at radius 2 is 1.55 bits per heavy atom. The van der Waals surface area contributed by atoms with E-state index in [-0.39, 0.29) is 22.7 Å². The molecule has 2 bridgehead atoms. The van der Waals surface area contributed by atoms with Gasteiger partial charge >= 0.3 is 0 Å². The average molecular weight is 641 g/mol. The van der Waals surface area contributed by atoms with Crippen molar-refractivity contribution in [2.24, 2.45) is 0 Å². The van der Waals surface area contributed by atoms with E-state index in [9.17, 15) is 22.0 Å². The second kappa shape index (κ2) is 11.3. The molecule has 3 aromatic rings. The molecule has 0 spiro atoms. The van der Waals surface area contributed by atoms with Crippen LogP contribution in [0.1, 0.15) is 53.1 Å². The maximum absolute atomic E-state index is 14.1. The summed E-state index contributed by atoms with van der Waals surface area (Å²) in [6.07, 6.45) is 4.00. The van der Waals surface area contributed by atoms with Gasteiger partial charge in [0.05, 0.1) is 26.9 Å². The molecule has 232 valence electrons. The molecule has 2 atom stereocenters. The lowest BCUT2D eigenvalue weighted by Crippen LogP contribution is -2.55. The lowest BCUT2D eigenvalue weighted by Gasteiger charge is -2.44. The van der Waals surface area contributed by atoms with Gasteiger partial charge < -0.3 is 14.7 Å². The van der Waals surface area contributed by atoms with E-state index in [1.54, 1.807) is 9.21 Å². The first kappa shape index (κ1) is 29.5. The summed E-state index contributed by atoms with van der Waals surface area (Å²) in [6, 6.07) is 15.6. The molecular formula is C33H35ClF2N4O3S. The highest BCUT2D eigenvalue weighted by molar-refractivity contribution is 7.89. The van der Waals surface area contributed by atoms with Gasteiger partial charge in [-0.05, 0) is 73.4 Å². The number of fused-ring (bicyclic) bond motifs is 3. The minimum atomic E-state index is -3.71. The summed E-state index contributed by atoms with van der Waals surface area (Å²) in [5.41, 5.74) is 4.17. The fraction of sp³-hybridized carbons (Fsp3) is 0.424. The number of likely N-dealkylation sites (tertiary alicyclic amines) is 1. The van der Waals surface area contributed by atoms with Gasteiger partial charge in [0.15, 0.2) is 11.6 Å². The molecular weight excluding hydrogens is 606 g/mol. The van der Waals surface area contributed by atoms with E-state index in [2.05, 4.69) is 21.9 Å². The van der Waals surface area contributed by atoms with Gasteiger partial charge in [-0.25, -0.2) is 17.2 Å². The fourth-order valence-corrected chi connectivity index (χ4v) is 9.42. The number of benzene rings is 3. The number of nitrogens with zero attached hydrogens (tertiary/aromatic N) is 4. The lowest BCUT2D eigenvalue weighted by molar-refractivity contribution is 0.0717. The van der Waals surface area contributed by atoms with Crippen molar-refractivity contribution in [2.75, 3.05) is 49.6 Å². The van der Waals surface area contributed by atoms with Crippen LogP contribution in [0.15, 0.2) is 59.5 Å². The maximum atomic E-state index is 14.1. The summed E-state index contributed by atoms with van der Waals surface area (Å²) in [6.45, 7) is 2.52. The third-order valence-electron chi connectivity index (χ3n) is 9.89. The fourth-order valence-electron chi connectivity index (χ4n) is 7.65. The van der Waals surface area contributed by atoms with Gasteiger partial charge in [0.2, 0.25) is 10.0 Å². The number of anilines is 2. The number of hydrogen-bond acceptors (Lipinski definition) is 5. The normalized spacial score (nSPS) is 22.5. The van der Waals surface area contributed by atoms with Crippen LogP contribution in [0.4, 0.5) is 20.2 Å². The largest absolute Gasteiger partial charge is 0.372 e. The summed E-state index contributed by atoms with van der Waals surface area (Å²) in [4.78, 5) is 19.9. The van der Waals surface area contributed by atoms with Gasteiger partial charge in [-0.1, -0.05) is 41.9 Å². The molecule has 3 aromatic carbocycles. The zero-order valence-corrected chi connectivity index (χ0v) is 26.1. The maximum Gasteiger partial charge on any atom is 0.255 e. The third kappa shape index (κ3) is 5.04. The van der Waals surface area contributed by atoms with Gasteiger partial charge in [-0.3, -0.25) is 4.79 Å². The van der Waals surface area contributed by atoms with Crippen LogP contribution in [0.3, 0.4) is 0 Å². The number of piperidine rings is 1. The van der Waals surface area contributed by atoms with Crippen LogP contribution < -0.4 is 9.80 Å². The zero-order valence-electron chi connectivity index (χ0n) is 24.6. The molecule has 4 heterocycles. The number of carbonyl (C=O) groups is 1. The highest BCUT2D eigenvalue weighted by Crippen LogP contribution is 2.46. The number of amides is 1. The Morgan fingerprint density at radius 3 is 2.23 bits per heavy atom. The number of sulfonamides is 1. The van der Waals surface area contributed by atoms with E-state index < -0.39 is 27.6 Å². The van der Waals surface area contributed by atoms with Crippen LogP contribution in [0.25, 0.3) is 0 Å². The van der Waals surface area contributed by atoms with E-state index in [0.717, 1.165) is 67.7 Å². The Hall–Kier alpha value is -3.21. The van der Waals surface area contributed by atoms with Gasteiger partial charge in [0.25, 0.3) is 5.91 Å². The monoisotopic (exact) mass is 640 g/mol. The standard InChI is InChI=1S/C33H35ClF2N4O3S/c1-37-12-9-23-15-26(44(42,43)39-13-10-22(11-14-39)21-5-3-2-4-6-21)16-31(32(23)37)40-24-7-8-25(40)20-38(19-24)33(41)27-17-29(35)30(36)18-28(27)34/h2-6,15-18,22,24-25H,7-14,19-20H2,1H3/t24-,25+. The van der Waals surface area contributed by atoms with Crippen molar-refractivity contribution >= 4 is 38.9 Å². The quantitative estimate of drug-likeness (QED) is 0.336. The Labute approximate surface area is 262 Å². The van der Waals surface area contributed by atoms with E-state index >= 15 is 0 Å². The summed E-state index contributed by atoms with van der Waals surface area (Å²) in [7, 11) is -1.68. The first-order chi connectivity index (χ1) is 21.1. The molecule has 0 unspecified atom stereocenters. The Kier molecular flexibility index (Phi) is 7.58. The second-order valence-corrected chi connectivity index (χ2v) is 14.8. The van der Waals surface area contributed by atoms with Crippen molar-refractivity contribution in [1.29, 1.82) is 0 Å². The molecule has 0 aromatic heterocycles. The van der Waals surface area contributed by atoms with Crippen molar-refractivity contribution in [2.45, 2.75) is 55.0 Å². The molecule has 11 heteroatoms. The summed E-state index contributed by atoms with van der Waals surface area (Å²) in [5, 5.41) is -0.117. The van der Waals surface area contributed by atoms with Gasteiger partial charge in [-0.2, -0.15) is 4.31 Å². The van der Waals surface area contributed by atoms with E-state index in [1.165, 1.54) is 5.56 Å². The minimum absolute atomic E-state index is 0.0422. The van der Waals surface area contributed by atoms with Gasteiger partial charge in [0, 0.05) is 51.9 Å². The zero-order chi connectivity index (χ0) is 30.7. The van der Waals surface area contributed by atoms with Crippen molar-refractivity contribution < 1.29 is 22.0 Å². The molecule has 0 radical (unpaired) electrons. The Morgan fingerprint density at radius 1 is 0.886 bits per heavy atom. The number of halogens is 3. The van der Waals surface area contributed by atoms with Gasteiger partial charge in [0.1, 0.15) is 0 Å². The molecule has 3 fully saturated rings. The number of rotatable bonds is 5. The van der Waals surface area contributed by atoms with Crippen LogP contribution in [0, 0.1) is 11.6 Å². The number of carbonyl (C=O) groups excluding carboxylic acids is 1. The Bertz CT molecular complexity index is 1700. The molecule has 0 saturated carbocycles. The first-order valence-electron chi connectivity index (χ1n) is 15.3. The molecule has 4 aliphatic heterocycles. The van der Waals surface area contributed by atoms with Crippen molar-refractivity contribution in [1.82, 2.24) is 9.21 Å². The summed E-state index contributed by atoms with van der Waals surface area (Å²) >= 11 is 6.14. The summed E-state index contributed by atoms with van der Waals surface area (Å²) in [5.74, 6) is -2.28. The van der Waals surface area contributed by atoms with Gasteiger partial charge in [-0.15, -0.1) is 0 Å². The second-order valence-electron chi connectivity index (χ2n) is 12.5. The molecule has 7 rings (SSSR count). The third-order valence-corrected chi connectivity index (χ3v) is 12.1. The highest BCUT2D eigenvalue weighted by Gasteiger charge is 2.44. The predicted octanol–water partition coefficient (Wildman–Crippen LogP) is 5.67. The number of likely N-dealkylation sites (N-methyl/N-ethyl adjacent to an activating group) is 1. The smallest absolute Gasteiger partial charge is 0.255 e. The van der Waals surface area contributed by atoms with Crippen LogP contribution in [-0.2, 0) is 16.4 Å². The molecule has 0 N–H and O–H groups in total. The highest BCUT2D eigenvalue weighted by atomic mass is 35.5. The lowest BCUT2D eigenvalue weighted by atomic mass is 9.90. The van der Waals surface area contributed by atoms with Crippen LogP contribution in [0.2, 0.25) is 5.02 Å².